The SMILES string of the molecule is Cc1cc(/C=N\n2cnc3ccccc32)c(C)n1C[C@H]1CCCO1. The first-order valence-electron chi connectivity index (χ1n) is 8.47. The summed E-state index contributed by atoms with van der Waals surface area (Å²) >= 11 is 0. The third kappa shape index (κ3) is 2.76. The molecule has 3 aromatic rings. The first-order chi connectivity index (χ1) is 11.7. The van der Waals surface area contributed by atoms with Gasteiger partial charge >= 0.3 is 0 Å². The van der Waals surface area contributed by atoms with Crippen LogP contribution in [-0.2, 0) is 11.3 Å². The second-order valence-electron chi connectivity index (χ2n) is 6.39. The van der Waals surface area contributed by atoms with E-state index in [0.29, 0.717) is 6.10 Å². The molecule has 24 heavy (non-hydrogen) atoms. The van der Waals surface area contributed by atoms with Crippen LogP contribution in [0.25, 0.3) is 11.0 Å². The number of ether oxygens (including phenoxy) is 1. The van der Waals surface area contributed by atoms with Gasteiger partial charge in [0, 0.05) is 30.1 Å². The fourth-order valence-corrected chi connectivity index (χ4v) is 3.39. The van der Waals surface area contributed by atoms with Gasteiger partial charge in [0.1, 0.15) is 6.33 Å². The van der Waals surface area contributed by atoms with Gasteiger partial charge in [-0.2, -0.15) is 5.10 Å². The predicted octanol–water partition coefficient (Wildman–Crippen LogP) is 3.52. The lowest BCUT2D eigenvalue weighted by atomic mass is 10.2. The zero-order valence-electron chi connectivity index (χ0n) is 14.1. The summed E-state index contributed by atoms with van der Waals surface area (Å²) in [5.74, 6) is 0. The van der Waals surface area contributed by atoms with Crippen molar-refractivity contribution in [3.8, 4) is 0 Å². The molecule has 0 radical (unpaired) electrons. The van der Waals surface area contributed by atoms with Crippen LogP contribution in [0.2, 0.25) is 0 Å². The second-order valence-corrected chi connectivity index (χ2v) is 6.39. The monoisotopic (exact) mass is 322 g/mol. The largest absolute Gasteiger partial charge is 0.376 e. The normalized spacial score (nSPS) is 18.2. The van der Waals surface area contributed by atoms with Gasteiger partial charge in [0.2, 0.25) is 0 Å². The molecule has 1 atom stereocenters. The zero-order valence-corrected chi connectivity index (χ0v) is 14.1. The topological polar surface area (TPSA) is 44.3 Å². The lowest BCUT2D eigenvalue weighted by Crippen LogP contribution is -2.16. The van der Waals surface area contributed by atoms with Crippen molar-refractivity contribution >= 4 is 17.2 Å². The number of nitrogens with zero attached hydrogens (tertiary/aromatic N) is 4. The number of hydrogen-bond acceptors (Lipinski definition) is 3. The van der Waals surface area contributed by atoms with Crippen LogP contribution < -0.4 is 0 Å². The lowest BCUT2D eigenvalue weighted by molar-refractivity contribution is 0.0962. The van der Waals surface area contributed by atoms with Crippen LogP contribution in [0.5, 0.6) is 0 Å². The average molecular weight is 322 g/mol. The summed E-state index contributed by atoms with van der Waals surface area (Å²) in [5, 5.41) is 4.60. The first kappa shape index (κ1) is 15.1. The van der Waals surface area contributed by atoms with E-state index < -0.39 is 0 Å². The summed E-state index contributed by atoms with van der Waals surface area (Å²) in [6.07, 6.45) is 6.35. The summed E-state index contributed by atoms with van der Waals surface area (Å²) in [5.41, 5.74) is 5.60. The molecule has 0 saturated carbocycles. The molecule has 1 aliphatic rings. The first-order valence-corrected chi connectivity index (χ1v) is 8.47. The highest BCUT2D eigenvalue weighted by molar-refractivity contribution is 5.83. The highest BCUT2D eigenvalue weighted by Gasteiger charge is 2.18. The van der Waals surface area contributed by atoms with Crippen molar-refractivity contribution in [2.45, 2.75) is 39.3 Å². The molecule has 2 aromatic heterocycles. The molecule has 1 fully saturated rings. The molecule has 0 unspecified atom stereocenters. The van der Waals surface area contributed by atoms with E-state index >= 15 is 0 Å². The van der Waals surface area contributed by atoms with E-state index in [0.717, 1.165) is 36.2 Å². The maximum atomic E-state index is 5.78. The number of hydrogen-bond donors (Lipinski definition) is 0. The van der Waals surface area contributed by atoms with E-state index in [4.69, 9.17) is 4.74 Å². The van der Waals surface area contributed by atoms with E-state index in [9.17, 15) is 0 Å². The maximum absolute atomic E-state index is 5.78. The Morgan fingerprint density at radius 3 is 3.04 bits per heavy atom. The van der Waals surface area contributed by atoms with Gasteiger partial charge in [0.15, 0.2) is 0 Å². The average Bonchev–Trinajstić information content (AvgIpc) is 3.30. The number of para-hydroxylation sites is 2. The van der Waals surface area contributed by atoms with Crippen molar-refractivity contribution in [2.75, 3.05) is 6.61 Å². The van der Waals surface area contributed by atoms with Gasteiger partial charge in [0.05, 0.1) is 23.4 Å². The molecule has 0 bridgehead atoms. The minimum Gasteiger partial charge on any atom is -0.376 e. The van der Waals surface area contributed by atoms with E-state index in [2.05, 4.69) is 34.6 Å². The number of rotatable bonds is 4. The minimum atomic E-state index is 0.345. The molecule has 3 heterocycles. The van der Waals surface area contributed by atoms with Crippen molar-refractivity contribution in [1.29, 1.82) is 0 Å². The third-order valence-electron chi connectivity index (χ3n) is 4.78. The molecule has 5 heteroatoms. The molecule has 0 N–H and O–H groups in total. The van der Waals surface area contributed by atoms with Crippen molar-refractivity contribution in [3.05, 3.63) is 53.6 Å². The highest BCUT2D eigenvalue weighted by Crippen LogP contribution is 2.20. The van der Waals surface area contributed by atoms with Gasteiger partial charge in [-0.15, -0.1) is 0 Å². The standard InChI is InChI=1S/C19H22N4O/c1-14-10-16(15(2)22(14)12-17-6-5-9-24-17)11-21-23-13-20-18-7-3-4-8-19(18)23/h3-4,7-8,10-11,13,17H,5-6,9,12H2,1-2H3/b21-11-/t17-/m1/s1. The van der Waals surface area contributed by atoms with Crippen LogP contribution in [0.4, 0.5) is 0 Å². The maximum Gasteiger partial charge on any atom is 0.118 e. The summed E-state index contributed by atoms with van der Waals surface area (Å²) in [4.78, 5) is 4.37. The van der Waals surface area contributed by atoms with Gasteiger partial charge < -0.3 is 9.30 Å². The highest BCUT2D eigenvalue weighted by atomic mass is 16.5. The Hall–Kier alpha value is -2.40. The van der Waals surface area contributed by atoms with Gasteiger partial charge in [0.25, 0.3) is 0 Å². The summed E-state index contributed by atoms with van der Waals surface area (Å²) in [6, 6.07) is 10.2. The molecule has 124 valence electrons. The molecule has 0 amide bonds. The predicted molar refractivity (Wildman–Crippen MR) is 95.6 cm³/mol. The van der Waals surface area contributed by atoms with Crippen molar-refractivity contribution in [2.24, 2.45) is 5.10 Å². The van der Waals surface area contributed by atoms with E-state index in [1.165, 1.54) is 17.8 Å². The van der Waals surface area contributed by atoms with E-state index in [1.807, 2.05) is 35.2 Å². The summed E-state index contributed by atoms with van der Waals surface area (Å²) in [7, 11) is 0. The Kier molecular flexibility index (Phi) is 3.94. The molecular weight excluding hydrogens is 300 g/mol. The van der Waals surface area contributed by atoms with Crippen LogP contribution in [0.3, 0.4) is 0 Å². The van der Waals surface area contributed by atoms with Crippen molar-refractivity contribution in [3.63, 3.8) is 0 Å². The number of aromatic nitrogens is 3. The molecule has 5 nitrogen and oxygen atoms in total. The Morgan fingerprint density at radius 2 is 2.21 bits per heavy atom. The van der Waals surface area contributed by atoms with Gasteiger partial charge in [-0.3, -0.25) is 0 Å². The molecule has 4 rings (SSSR count). The Morgan fingerprint density at radius 1 is 1.33 bits per heavy atom. The Bertz CT molecular complexity index is 884. The van der Waals surface area contributed by atoms with Crippen LogP contribution >= 0.6 is 0 Å². The smallest absolute Gasteiger partial charge is 0.118 e. The van der Waals surface area contributed by atoms with Gasteiger partial charge in [-0.1, -0.05) is 12.1 Å². The quantitative estimate of drug-likeness (QED) is 0.690. The summed E-state index contributed by atoms with van der Waals surface area (Å²) < 4.78 is 9.93. The van der Waals surface area contributed by atoms with Crippen molar-refractivity contribution in [1.82, 2.24) is 14.2 Å². The molecule has 0 spiro atoms. The Labute approximate surface area is 141 Å². The van der Waals surface area contributed by atoms with Crippen LogP contribution in [-0.4, -0.2) is 33.2 Å². The van der Waals surface area contributed by atoms with E-state index in [1.54, 1.807) is 6.33 Å². The fourth-order valence-electron chi connectivity index (χ4n) is 3.39. The molecule has 1 aromatic carbocycles. The van der Waals surface area contributed by atoms with E-state index in [-0.39, 0.29) is 0 Å². The lowest BCUT2D eigenvalue weighted by Gasteiger charge is -2.14. The Balaban J connectivity index is 1.60. The van der Waals surface area contributed by atoms with Crippen LogP contribution in [0.1, 0.15) is 29.8 Å². The number of aryl methyl sites for hydroxylation is 1. The van der Waals surface area contributed by atoms with Gasteiger partial charge in [-0.05, 0) is 44.9 Å². The van der Waals surface area contributed by atoms with Crippen LogP contribution in [0.15, 0.2) is 41.8 Å². The fraction of sp³-hybridized carbons (Fsp3) is 0.368. The van der Waals surface area contributed by atoms with Crippen LogP contribution in [0, 0.1) is 13.8 Å². The second kappa shape index (κ2) is 6.24. The van der Waals surface area contributed by atoms with Gasteiger partial charge in [-0.25, -0.2) is 9.66 Å². The third-order valence-corrected chi connectivity index (χ3v) is 4.78. The number of imidazole rings is 1. The van der Waals surface area contributed by atoms with Crippen molar-refractivity contribution < 1.29 is 4.74 Å². The zero-order chi connectivity index (χ0) is 16.5. The molecule has 1 saturated heterocycles. The molecule has 0 aliphatic carbocycles. The molecular formula is C19H22N4O. The number of benzene rings is 1. The summed E-state index contributed by atoms with van der Waals surface area (Å²) in [6.45, 7) is 6.12. The minimum absolute atomic E-state index is 0.345. The number of fused-ring (bicyclic) bond motifs is 1. The molecule has 1 aliphatic heterocycles.